The second-order valence-corrected chi connectivity index (χ2v) is 5.75. The van der Waals surface area contributed by atoms with E-state index in [9.17, 15) is 4.79 Å². The summed E-state index contributed by atoms with van der Waals surface area (Å²) in [6.07, 6.45) is 2.60. The number of nitrogens with zero attached hydrogens (tertiary/aromatic N) is 1. The molecule has 19 heavy (non-hydrogen) atoms. The molecule has 1 atom stereocenters. The lowest BCUT2D eigenvalue weighted by atomic mass is 10.1. The Labute approximate surface area is 119 Å². The lowest BCUT2D eigenvalue weighted by molar-refractivity contribution is -0.130. The number of carbonyl (C=O) groups excluding carboxylic acids is 1. The van der Waals surface area contributed by atoms with Gasteiger partial charge in [-0.1, -0.05) is 23.7 Å². The molecule has 1 aliphatic rings. The second kappa shape index (κ2) is 6.40. The summed E-state index contributed by atoms with van der Waals surface area (Å²) >= 11 is 5.98. The summed E-state index contributed by atoms with van der Waals surface area (Å²) in [5.41, 5.74) is 1.06. The van der Waals surface area contributed by atoms with E-state index in [-0.39, 0.29) is 11.9 Å². The van der Waals surface area contributed by atoms with Gasteiger partial charge < -0.3 is 10.2 Å². The first-order valence-corrected chi connectivity index (χ1v) is 7.17. The van der Waals surface area contributed by atoms with Crippen LogP contribution in [-0.2, 0) is 4.79 Å². The second-order valence-electron chi connectivity index (χ2n) is 5.31. The summed E-state index contributed by atoms with van der Waals surface area (Å²) in [5.74, 6) is 0.914. The van der Waals surface area contributed by atoms with E-state index in [1.807, 2.05) is 38.2 Å². The van der Waals surface area contributed by atoms with Crippen molar-refractivity contribution in [1.29, 1.82) is 0 Å². The Balaban J connectivity index is 1.86. The van der Waals surface area contributed by atoms with Gasteiger partial charge >= 0.3 is 0 Å². The normalized spacial score (nSPS) is 16.2. The fourth-order valence-electron chi connectivity index (χ4n) is 2.04. The van der Waals surface area contributed by atoms with Gasteiger partial charge in [-0.05, 0) is 49.9 Å². The Morgan fingerprint density at radius 2 is 2.26 bits per heavy atom. The number of hydrogen-bond acceptors (Lipinski definition) is 2. The smallest absolute Gasteiger partial charge is 0.236 e. The number of carbonyl (C=O) groups is 1. The van der Waals surface area contributed by atoms with Gasteiger partial charge in [-0.15, -0.1) is 0 Å². The minimum Gasteiger partial charge on any atom is -0.338 e. The van der Waals surface area contributed by atoms with Crippen LogP contribution in [0.25, 0.3) is 0 Å². The zero-order valence-corrected chi connectivity index (χ0v) is 12.3. The third kappa shape index (κ3) is 4.22. The van der Waals surface area contributed by atoms with E-state index in [0.29, 0.717) is 11.6 Å². The molecule has 0 saturated heterocycles. The first kappa shape index (κ1) is 14.4. The largest absolute Gasteiger partial charge is 0.338 e. The predicted octanol–water partition coefficient (Wildman–Crippen LogP) is 2.86. The Morgan fingerprint density at radius 3 is 2.89 bits per heavy atom. The van der Waals surface area contributed by atoms with E-state index in [0.717, 1.165) is 18.0 Å². The number of rotatable bonds is 6. The molecular formula is C15H21ClN2O. The molecule has 0 heterocycles. The van der Waals surface area contributed by atoms with Gasteiger partial charge in [-0.2, -0.15) is 0 Å². The van der Waals surface area contributed by atoms with Crippen molar-refractivity contribution in [3.05, 3.63) is 34.9 Å². The van der Waals surface area contributed by atoms with Crippen molar-refractivity contribution in [3.63, 3.8) is 0 Å². The number of halogens is 1. The summed E-state index contributed by atoms with van der Waals surface area (Å²) in [4.78, 5) is 13.8. The minimum atomic E-state index is 0.0360. The zero-order chi connectivity index (χ0) is 13.8. The molecule has 1 fully saturated rings. The lowest BCUT2D eigenvalue weighted by Crippen LogP contribution is -2.37. The Hall–Kier alpha value is -1.06. The maximum absolute atomic E-state index is 12.1. The molecule has 0 aromatic heterocycles. The summed E-state index contributed by atoms with van der Waals surface area (Å²) in [7, 11) is 1.84. The highest BCUT2D eigenvalue weighted by Gasteiger charge is 2.22. The molecule has 1 saturated carbocycles. The van der Waals surface area contributed by atoms with Crippen molar-refractivity contribution in [1.82, 2.24) is 10.2 Å². The Kier molecular flexibility index (Phi) is 4.83. The van der Waals surface area contributed by atoms with Gasteiger partial charge in [0.05, 0.1) is 12.6 Å². The van der Waals surface area contributed by atoms with E-state index in [4.69, 9.17) is 11.6 Å². The zero-order valence-electron chi connectivity index (χ0n) is 11.5. The summed E-state index contributed by atoms with van der Waals surface area (Å²) in [6.45, 7) is 3.40. The van der Waals surface area contributed by atoms with Crippen LogP contribution in [0.3, 0.4) is 0 Å². The van der Waals surface area contributed by atoms with Crippen molar-refractivity contribution in [2.24, 2.45) is 5.92 Å². The van der Waals surface area contributed by atoms with Crippen LogP contribution in [0.4, 0.5) is 0 Å². The van der Waals surface area contributed by atoms with Crippen molar-refractivity contribution in [2.75, 3.05) is 20.1 Å². The average Bonchev–Trinajstić information content (AvgIpc) is 3.21. The lowest BCUT2D eigenvalue weighted by Gasteiger charge is -2.25. The fraction of sp³-hybridized carbons (Fsp3) is 0.533. The molecule has 1 unspecified atom stereocenters. The molecule has 1 aromatic rings. The molecule has 3 nitrogen and oxygen atoms in total. The molecule has 1 aliphatic carbocycles. The monoisotopic (exact) mass is 280 g/mol. The molecule has 1 amide bonds. The van der Waals surface area contributed by atoms with Crippen LogP contribution in [0.5, 0.6) is 0 Å². The van der Waals surface area contributed by atoms with Crippen LogP contribution in [-0.4, -0.2) is 30.9 Å². The average molecular weight is 281 g/mol. The third-order valence-electron chi connectivity index (χ3n) is 3.71. The van der Waals surface area contributed by atoms with E-state index >= 15 is 0 Å². The molecule has 0 aliphatic heterocycles. The quantitative estimate of drug-likeness (QED) is 0.869. The fourth-order valence-corrected chi connectivity index (χ4v) is 2.23. The van der Waals surface area contributed by atoms with Crippen molar-refractivity contribution in [3.8, 4) is 0 Å². The van der Waals surface area contributed by atoms with Gasteiger partial charge in [0.25, 0.3) is 0 Å². The third-order valence-corrected chi connectivity index (χ3v) is 3.95. The van der Waals surface area contributed by atoms with Crippen molar-refractivity contribution < 1.29 is 4.79 Å². The van der Waals surface area contributed by atoms with E-state index in [1.54, 1.807) is 4.90 Å². The summed E-state index contributed by atoms with van der Waals surface area (Å²) < 4.78 is 0. The van der Waals surface area contributed by atoms with Crippen LogP contribution < -0.4 is 5.32 Å². The topological polar surface area (TPSA) is 32.3 Å². The van der Waals surface area contributed by atoms with E-state index < -0.39 is 0 Å². The highest BCUT2D eigenvalue weighted by Crippen LogP contribution is 2.27. The van der Waals surface area contributed by atoms with Crippen LogP contribution in [0.1, 0.15) is 31.4 Å². The SMILES string of the molecule is CC(c1cccc(Cl)c1)N(C)C(=O)CNCC1CC1. The first-order chi connectivity index (χ1) is 9.08. The summed E-state index contributed by atoms with van der Waals surface area (Å²) in [5, 5.41) is 3.93. The number of likely N-dealkylation sites (N-methyl/N-ethyl adjacent to an activating group) is 1. The molecule has 1 N–H and O–H groups in total. The highest BCUT2D eigenvalue weighted by atomic mass is 35.5. The molecule has 1 aromatic carbocycles. The van der Waals surface area contributed by atoms with Crippen LogP contribution in [0, 0.1) is 5.92 Å². The predicted molar refractivity (Wildman–Crippen MR) is 78.2 cm³/mol. The summed E-state index contributed by atoms with van der Waals surface area (Å²) in [6, 6.07) is 7.70. The van der Waals surface area contributed by atoms with Crippen molar-refractivity contribution >= 4 is 17.5 Å². The molecule has 4 heteroatoms. The Morgan fingerprint density at radius 1 is 1.53 bits per heavy atom. The van der Waals surface area contributed by atoms with Crippen molar-refractivity contribution in [2.45, 2.75) is 25.8 Å². The number of hydrogen-bond donors (Lipinski definition) is 1. The van der Waals surface area contributed by atoms with Gasteiger partial charge in [0.1, 0.15) is 0 Å². The Bertz CT molecular complexity index is 446. The van der Waals surface area contributed by atoms with E-state index in [1.165, 1.54) is 12.8 Å². The molecule has 0 bridgehead atoms. The van der Waals surface area contributed by atoms with Gasteiger partial charge in [-0.25, -0.2) is 0 Å². The maximum atomic E-state index is 12.1. The van der Waals surface area contributed by atoms with Gasteiger partial charge in [0.2, 0.25) is 5.91 Å². The number of benzene rings is 1. The van der Waals surface area contributed by atoms with Crippen LogP contribution in [0.2, 0.25) is 5.02 Å². The van der Waals surface area contributed by atoms with Gasteiger partial charge in [0.15, 0.2) is 0 Å². The molecular weight excluding hydrogens is 260 g/mol. The molecule has 2 rings (SSSR count). The van der Waals surface area contributed by atoms with Gasteiger partial charge in [-0.3, -0.25) is 4.79 Å². The number of amides is 1. The first-order valence-electron chi connectivity index (χ1n) is 6.79. The van der Waals surface area contributed by atoms with Crippen LogP contribution in [0.15, 0.2) is 24.3 Å². The number of nitrogens with one attached hydrogen (secondary N) is 1. The van der Waals surface area contributed by atoms with Gasteiger partial charge in [0, 0.05) is 12.1 Å². The maximum Gasteiger partial charge on any atom is 0.236 e. The standard InChI is InChI=1S/C15H21ClN2O/c1-11(13-4-3-5-14(16)8-13)18(2)15(19)10-17-9-12-6-7-12/h3-5,8,11-12,17H,6-7,9-10H2,1-2H3. The van der Waals surface area contributed by atoms with Crippen LogP contribution >= 0.6 is 11.6 Å². The minimum absolute atomic E-state index is 0.0360. The molecule has 0 radical (unpaired) electrons. The van der Waals surface area contributed by atoms with E-state index in [2.05, 4.69) is 5.32 Å². The highest BCUT2D eigenvalue weighted by molar-refractivity contribution is 6.30. The molecule has 0 spiro atoms. The molecule has 104 valence electrons.